The third-order valence-electron chi connectivity index (χ3n) is 2.30. The van der Waals surface area contributed by atoms with Crippen molar-refractivity contribution in [1.82, 2.24) is 4.90 Å². The van der Waals surface area contributed by atoms with Gasteiger partial charge in [-0.2, -0.15) is 0 Å². The first kappa shape index (κ1) is 8.87. The Morgan fingerprint density at radius 2 is 2.21 bits per heavy atom. The van der Waals surface area contributed by atoms with Gasteiger partial charge in [-0.15, -0.1) is 0 Å². The fourth-order valence-electron chi connectivity index (χ4n) is 1.47. The number of amides is 1. The summed E-state index contributed by atoms with van der Waals surface area (Å²) in [6, 6.07) is -0.171. The minimum absolute atomic E-state index is 0.0368. The molecule has 0 bridgehead atoms. The highest BCUT2D eigenvalue weighted by molar-refractivity contribution is 5.83. The molecule has 1 saturated heterocycles. The SMILES string of the molecule is O=C1C[C@@H]2[C@@H](O)C#C/C=C\C#CCN12. The number of allylic oxidation sites excluding steroid dienone is 2. The van der Waals surface area contributed by atoms with E-state index in [0.29, 0.717) is 13.0 Å². The molecule has 3 nitrogen and oxygen atoms in total. The molecule has 0 unspecified atom stereocenters. The number of carbonyl (C=O) groups excluding carboxylic acids is 1. The second kappa shape index (κ2) is 3.57. The van der Waals surface area contributed by atoms with Crippen LogP contribution in [0.2, 0.25) is 0 Å². The molecule has 70 valence electrons. The van der Waals surface area contributed by atoms with Crippen molar-refractivity contribution in [3.05, 3.63) is 12.2 Å². The van der Waals surface area contributed by atoms with Crippen molar-refractivity contribution < 1.29 is 9.90 Å². The molecule has 0 aromatic heterocycles. The summed E-state index contributed by atoms with van der Waals surface area (Å²) in [5, 5.41) is 9.59. The van der Waals surface area contributed by atoms with E-state index >= 15 is 0 Å². The number of carbonyl (C=O) groups is 1. The van der Waals surface area contributed by atoms with Gasteiger partial charge in [0.2, 0.25) is 5.91 Å². The maximum absolute atomic E-state index is 11.2. The van der Waals surface area contributed by atoms with Gasteiger partial charge in [-0.05, 0) is 12.2 Å². The van der Waals surface area contributed by atoms with Crippen LogP contribution in [0.4, 0.5) is 0 Å². The van der Waals surface area contributed by atoms with Crippen LogP contribution in [0.5, 0.6) is 0 Å². The Bertz CT molecular complexity index is 402. The van der Waals surface area contributed by atoms with Crippen molar-refractivity contribution in [3.8, 4) is 23.7 Å². The minimum Gasteiger partial charge on any atom is -0.378 e. The van der Waals surface area contributed by atoms with E-state index in [1.165, 1.54) is 0 Å². The molecule has 14 heavy (non-hydrogen) atoms. The van der Waals surface area contributed by atoms with Gasteiger partial charge in [0, 0.05) is 0 Å². The minimum atomic E-state index is -0.753. The highest BCUT2D eigenvalue weighted by Crippen LogP contribution is 2.21. The zero-order chi connectivity index (χ0) is 9.97. The number of aliphatic hydroxyl groups excluding tert-OH is 1. The Morgan fingerprint density at radius 3 is 3.00 bits per heavy atom. The standard InChI is InChI=1S/C11H9NO2/c13-10-6-4-2-1-3-5-7-12-9(10)8-11(12)14/h1-2,9-10,13H,7-8H2/b2-1-/t9-,10+/m1/s1. The van der Waals surface area contributed by atoms with Crippen LogP contribution in [0.3, 0.4) is 0 Å². The number of aliphatic hydroxyl groups is 1. The summed E-state index contributed by atoms with van der Waals surface area (Å²) in [6.07, 6.45) is 2.84. The van der Waals surface area contributed by atoms with Crippen molar-refractivity contribution in [3.63, 3.8) is 0 Å². The van der Waals surface area contributed by atoms with Gasteiger partial charge in [-0.3, -0.25) is 4.79 Å². The van der Waals surface area contributed by atoms with Crippen molar-refractivity contribution in [2.75, 3.05) is 6.54 Å². The number of hydrogen-bond donors (Lipinski definition) is 1. The molecule has 2 atom stereocenters. The average molecular weight is 187 g/mol. The van der Waals surface area contributed by atoms with Crippen LogP contribution in [-0.2, 0) is 4.79 Å². The van der Waals surface area contributed by atoms with Gasteiger partial charge >= 0.3 is 0 Å². The predicted molar refractivity (Wildman–Crippen MR) is 50.8 cm³/mol. The monoisotopic (exact) mass is 187 g/mol. The van der Waals surface area contributed by atoms with Crippen LogP contribution in [0.25, 0.3) is 0 Å². The topological polar surface area (TPSA) is 40.5 Å². The molecule has 0 saturated carbocycles. The van der Waals surface area contributed by atoms with Gasteiger partial charge in [0.1, 0.15) is 6.10 Å². The normalized spacial score (nSPS) is 31.2. The summed E-state index contributed by atoms with van der Waals surface area (Å²) in [4.78, 5) is 12.7. The highest BCUT2D eigenvalue weighted by atomic mass is 16.3. The first-order valence-corrected chi connectivity index (χ1v) is 4.41. The zero-order valence-corrected chi connectivity index (χ0v) is 7.53. The fourth-order valence-corrected chi connectivity index (χ4v) is 1.47. The molecule has 1 N–H and O–H groups in total. The molecule has 0 aromatic rings. The number of nitrogens with zero attached hydrogens (tertiary/aromatic N) is 1. The quantitative estimate of drug-likeness (QED) is 0.411. The molecule has 2 aliphatic rings. The van der Waals surface area contributed by atoms with E-state index in [9.17, 15) is 9.90 Å². The van der Waals surface area contributed by atoms with Crippen molar-refractivity contribution in [1.29, 1.82) is 0 Å². The smallest absolute Gasteiger partial charge is 0.225 e. The maximum atomic E-state index is 11.2. The zero-order valence-electron chi connectivity index (χ0n) is 7.53. The molecular formula is C11H9NO2. The van der Waals surface area contributed by atoms with Gasteiger partial charge in [-0.25, -0.2) is 0 Å². The molecule has 1 amide bonds. The molecular weight excluding hydrogens is 178 g/mol. The van der Waals surface area contributed by atoms with Crippen molar-refractivity contribution in [2.24, 2.45) is 0 Å². The Kier molecular flexibility index (Phi) is 2.26. The molecule has 0 aromatic carbocycles. The second-order valence-electron chi connectivity index (χ2n) is 3.18. The Balaban J connectivity index is 2.21. The van der Waals surface area contributed by atoms with Crippen molar-refractivity contribution in [2.45, 2.75) is 18.6 Å². The molecule has 0 aliphatic carbocycles. The van der Waals surface area contributed by atoms with E-state index in [1.807, 2.05) is 0 Å². The largest absolute Gasteiger partial charge is 0.378 e. The molecule has 0 spiro atoms. The Hall–Kier alpha value is -1.71. The fraction of sp³-hybridized carbons (Fsp3) is 0.364. The summed E-state index contributed by atoms with van der Waals surface area (Å²) in [5.74, 6) is 11.0. The summed E-state index contributed by atoms with van der Waals surface area (Å²) in [5.41, 5.74) is 0. The van der Waals surface area contributed by atoms with E-state index in [2.05, 4.69) is 23.7 Å². The third-order valence-corrected chi connectivity index (χ3v) is 2.30. The predicted octanol–water partition coefficient (Wildman–Crippen LogP) is -0.475. The molecule has 2 heterocycles. The maximum Gasteiger partial charge on any atom is 0.225 e. The number of β-lactam (4-membered cyclic amide) rings is 1. The van der Waals surface area contributed by atoms with E-state index < -0.39 is 6.10 Å². The van der Waals surface area contributed by atoms with Gasteiger partial charge in [0.15, 0.2) is 0 Å². The van der Waals surface area contributed by atoms with Crippen LogP contribution in [0.1, 0.15) is 6.42 Å². The van der Waals surface area contributed by atoms with E-state index in [4.69, 9.17) is 0 Å². The van der Waals surface area contributed by atoms with Crippen LogP contribution in [0.15, 0.2) is 12.2 Å². The van der Waals surface area contributed by atoms with Crippen LogP contribution in [-0.4, -0.2) is 34.6 Å². The summed E-state index contributed by atoms with van der Waals surface area (Å²) in [7, 11) is 0. The van der Waals surface area contributed by atoms with Crippen molar-refractivity contribution >= 4 is 5.91 Å². The lowest BCUT2D eigenvalue weighted by atomic mass is 9.96. The molecule has 0 radical (unpaired) electrons. The van der Waals surface area contributed by atoms with E-state index in [-0.39, 0.29) is 11.9 Å². The summed E-state index contributed by atoms with van der Waals surface area (Å²) < 4.78 is 0. The number of hydrogen-bond acceptors (Lipinski definition) is 2. The van der Waals surface area contributed by atoms with Crippen LogP contribution in [0, 0.1) is 23.7 Å². The van der Waals surface area contributed by atoms with Crippen LogP contribution >= 0.6 is 0 Å². The molecule has 3 heteroatoms. The number of rotatable bonds is 0. The molecule has 1 fully saturated rings. The molecule has 2 aliphatic heterocycles. The lowest BCUT2D eigenvalue weighted by molar-refractivity contribution is -0.148. The van der Waals surface area contributed by atoms with E-state index in [1.54, 1.807) is 17.1 Å². The van der Waals surface area contributed by atoms with Gasteiger partial charge < -0.3 is 10.0 Å². The van der Waals surface area contributed by atoms with E-state index in [0.717, 1.165) is 0 Å². The lowest BCUT2D eigenvalue weighted by Crippen LogP contribution is -2.57. The summed E-state index contributed by atoms with van der Waals surface area (Å²) >= 11 is 0. The first-order valence-electron chi connectivity index (χ1n) is 4.41. The van der Waals surface area contributed by atoms with Gasteiger partial charge in [0.25, 0.3) is 0 Å². The lowest BCUT2D eigenvalue weighted by Gasteiger charge is -2.40. The third kappa shape index (κ3) is 1.51. The Morgan fingerprint density at radius 1 is 1.43 bits per heavy atom. The Labute approximate surface area is 82.4 Å². The molecule has 2 rings (SSSR count). The van der Waals surface area contributed by atoms with Gasteiger partial charge in [0.05, 0.1) is 19.0 Å². The first-order chi connectivity index (χ1) is 6.79. The van der Waals surface area contributed by atoms with Crippen LogP contribution < -0.4 is 0 Å². The van der Waals surface area contributed by atoms with Gasteiger partial charge in [-0.1, -0.05) is 23.7 Å². The average Bonchev–Trinajstić information content (AvgIpc) is 2.17. The summed E-state index contributed by atoms with van der Waals surface area (Å²) in [6.45, 7) is 0.382. The number of fused-ring (bicyclic) bond motifs is 1. The highest BCUT2D eigenvalue weighted by Gasteiger charge is 2.39. The second-order valence-corrected chi connectivity index (χ2v) is 3.18.